The van der Waals surface area contributed by atoms with Crippen molar-refractivity contribution in [1.82, 2.24) is 10.2 Å². The van der Waals surface area contributed by atoms with Crippen LogP contribution in [0, 0.1) is 0 Å². The first-order valence-electron chi connectivity index (χ1n) is 5.83. The van der Waals surface area contributed by atoms with Gasteiger partial charge in [-0.15, -0.1) is 5.10 Å². The Morgan fingerprint density at radius 1 is 1.00 bits per heavy atom. The molecule has 3 rings (SSSR count). The molecule has 3 aromatic rings. The first-order chi connectivity index (χ1) is 9.72. The predicted molar refractivity (Wildman–Crippen MR) is 82.2 cm³/mol. The average Bonchev–Trinajstić information content (AvgIpc) is 2.91. The molecule has 0 fully saturated rings. The Balaban J connectivity index is 1.84. The maximum atomic E-state index is 6.06. The second-order valence-electron chi connectivity index (χ2n) is 4.02. The van der Waals surface area contributed by atoms with E-state index >= 15 is 0 Å². The van der Waals surface area contributed by atoms with Gasteiger partial charge >= 0.3 is 6.01 Å². The summed E-state index contributed by atoms with van der Waals surface area (Å²) in [4.78, 5) is 0. The lowest BCUT2D eigenvalue weighted by Crippen LogP contribution is -1.90. The van der Waals surface area contributed by atoms with Crippen molar-refractivity contribution in [2.45, 2.75) is 0 Å². The molecule has 20 heavy (non-hydrogen) atoms. The molecule has 0 saturated carbocycles. The number of aromatic nitrogens is 2. The Morgan fingerprint density at radius 2 is 1.75 bits per heavy atom. The zero-order valence-electron chi connectivity index (χ0n) is 10.2. The number of rotatable bonds is 3. The minimum Gasteiger partial charge on any atom is -0.403 e. The van der Waals surface area contributed by atoms with Crippen molar-refractivity contribution in [2.24, 2.45) is 0 Å². The number of nitrogens with one attached hydrogen (secondary N) is 1. The first kappa shape index (κ1) is 13.1. The van der Waals surface area contributed by atoms with Crippen LogP contribution >= 0.6 is 27.5 Å². The van der Waals surface area contributed by atoms with Crippen LogP contribution < -0.4 is 5.32 Å². The van der Waals surface area contributed by atoms with E-state index < -0.39 is 0 Å². The largest absolute Gasteiger partial charge is 0.403 e. The molecule has 0 radical (unpaired) electrons. The van der Waals surface area contributed by atoms with E-state index in [1.54, 1.807) is 6.07 Å². The SMILES string of the molecule is Clc1ccccc1Nc1nnc(-c2ccc(Br)cc2)o1. The molecule has 1 aromatic heterocycles. The lowest BCUT2D eigenvalue weighted by molar-refractivity contribution is 0.587. The summed E-state index contributed by atoms with van der Waals surface area (Å²) in [5.41, 5.74) is 1.58. The van der Waals surface area contributed by atoms with Crippen LogP contribution in [0.1, 0.15) is 0 Å². The summed E-state index contributed by atoms with van der Waals surface area (Å²) in [6.07, 6.45) is 0. The fourth-order valence-corrected chi connectivity index (χ4v) is 2.11. The molecule has 4 nitrogen and oxygen atoms in total. The third-order valence-corrected chi connectivity index (χ3v) is 3.49. The molecular formula is C14H9BrClN3O. The average molecular weight is 351 g/mol. The zero-order chi connectivity index (χ0) is 13.9. The number of halogens is 2. The van der Waals surface area contributed by atoms with Gasteiger partial charge in [-0.1, -0.05) is 44.8 Å². The summed E-state index contributed by atoms with van der Waals surface area (Å²) in [6, 6.07) is 15.3. The highest BCUT2D eigenvalue weighted by Gasteiger charge is 2.09. The van der Waals surface area contributed by atoms with E-state index in [4.69, 9.17) is 16.0 Å². The quantitative estimate of drug-likeness (QED) is 0.730. The Labute approximate surface area is 128 Å². The molecule has 2 aromatic carbocycles. The summed E-state index contributed by atoms with van der Waals surface area (Å²) in [5, 5.41) is 11.5. The number of hydrogen-bond acceptors (Lipinski definition) is 4. The summed E-state index contributed by atoms with van der Waals surface area (Å²) < 4.78 is 6.56. The van der Waals surface area contributed by atoms with Crippen molar-refractivity contribution in [3.05, 3.63) is 58.0 Å². The Morgan fingerprint density at radius 3 is 2.50 bits per heavy atom. The monoisotopic (exact) mass is 349 g/mol. The van der Waals surface area contributed by atoms with E-state index in [9.17, 15) is 0 Å². The fourth-order valence-electron chi connectivity index (χ4n) is 1.66. The molecule has 0 aliphatic heterocycles. The first-order valence-corrected chi connectivity index (χ1v) is 7.00. The van der Waals surface area contributed by atoms with Crippen LogP contribution in [0.15, 0.2) is 57.4 Å². The van der Waals surface area contributed by atoms with Crippen LogP contribution in [-0.2, 0) is 0 Å². The lowest BCUT2D eigenvalue weighted by Gasteiger charge is -2.02. The number of nitrogens with zero attached hydrogens (tertiary/aromatic N) is 2. The maximum Gasteiger partial charge on any atom is 0.320 e. The highest BCUT2D eigenvalue weighted by atomic mass is 79.9. The van der Waals surface area contributed by atoms with Crippen molar-refractivity contribution >= 4 is 39.2 Å². The van der Waals surface area contributed by atoms with Crippen molar-refractivity contribution < 1.29 is 4.42 Å². The number of hydrogen-bond donors (Lipinski definition) is 1. The topological polar surface area (TPSA) is 51.0 Å². The van der Waals surface area contributed by atoms with E-state index in [2.05, 4.69) is 31.4 Å². The Kier molecular flexibility index (Phi) is 3.71. The number of para-hydroxylation sites is 1. The van der Waals surface area contributed by atoms with Crippen LogP contribution in [-0.4, -0.2) is 10.2 Å². The molecule has 1 heterocycles. The van der Waals surface area contributed by atoms with Gasteiger partial charge in [-0.05, 0) is 36.4 Å². The molecule has 0 aliphatic carbocycles. The van der Waals surface area contributed by atoms with E-state index in [-0.39, 0.29) is 0 Å². The van der Waals surface area contributed by atoms with E-state index in [1.165, 1.54) is 0 Å². The van der Waals surface area contributed by atoms with Gasteiger partial charge in [-0.3, -0.25) is 0 Å². The van der Waals surface area contributed by atoms with Gasteiger partial charge in [0.25, 0.3) is 0 Å². The van der Waals surface area contributed by atoms with Crippen LogP contribution in [0.3, 0.4) is 0 Å². The van der Waals surface area contributed by atoms with Crippen LogP contribution in [0.5, 0.6) is 0 Å². The molecule has 0 saturated heterocycles. The molecule has 100 valence electrons. The number of benzene rings is 2. The maximum absolute atomic E-state index is 6.06. The van der Waals surface area contributed by atoms with E-state index in [0.717, 1.165) is 15.7 Å². The molecule has 6 heteroatoms. The van der Waals surface area contributed by atoms with Gasteiger partial charge in [0.15, 0.2) is 0 Å². The summed E-state index contributed by atoms with van der Waals surface area (Å²) in [5.74, 6) is 0.451. The van der Waals surface area contributed by atoms with Crippen molar-refractivity contribution in [2.75, 3.05) is 5.32 Å². The van der Waals surface area contributed by atoms with Gasteiger partial charge in [0.05, 0.1) is 10.7 Å². The number of anilines is 2. The Bertz CT molecular complexity index is 727. The Hall–Kier alpha value is -1.85. The fraction of sp³-hybridized carbons (Fsp3) is 0. The highest BCUT2D eigenvalue weighted by Crippen LogP contribution is 2.26. The van der Waals surface area contributed by atoms with Gasteiger partial charge in [-0.2, -0.15) is 0 Å². The second-order valence-corrected chi connectivity index (χ2v) is 5.35. The van der Waals surface area contributed by atoms with Crippen LogP contribution in [0.25, 0.3) is 11.5 Å². The summed E-state index contributed by atoms with van der Waals surface area (Å²) >= 11 is 9.44. The molecule has 0 atom stereocenters. The predicted octanol–water partition coefficient (Wildman–Crippen LogP) is 4.90. The zero-order valence-corrected chi connectivity index (χ0v) is 12.5. The highest BCUT2D eigenvalue weighted by molar-refractivity contribution is 9.10. The molecule has 0 amide bonds. The summed E-state index contributed by atoms with van der Waals surface area (Å²) in [7, 11) is 0. The molecule has 0 aliphatic rings. The van der Waals surface area contributed by atoms with Crippen LogP contribution in [0.4, 0.5) is 11.7 Å². The van der Waals surface area contributed by atoms with Gasteiger partial charge in [0.1, 0.15) is 0 Å². The standard InChI is InChI=1S/C14H9BrClN3O/c15-10-7-5-9(6-8-10)13-18-19-14(20-13)17-12-4-2-1-3-11(12)16/h1-8H,(H,17,19). The minimum absolute atomic E-state index is 0.302. The normalized spacial score (nSPS) is 10.5. The van der Waals surface area contributed by atoms with Gasteiger partial charge in [0.2, 0.25) is 5.89 Å². The molecule has 1 N–H and O–H groups in total. The van der Waals surface area contributed by atoms with Gasteiger partial charge in [0, 0.05) is 10.0 Å². The second kappa shape index (κ2) is 5.64. The smallest absolute Gasteiger partial charge is 0.320 e. The van der Waals surface area contributed by atoms with E-state index in [1.807, 2.05) is 42.5 Å². The van der Waals surface area contributed by atoms with Crippen molar-refractivity contribution in [1.29, 1.82) is 0 Å². The van der Waals surface area contributed by atoms with Gasteiger partial charge in [-0.25, -0.2) is 0 Å². The van der Waals surface area contributed by atoms with Crippen LogP contribution in [0.2, 0.25) is 5.02 Å². The minimum atomic E-state index is 0.302. The van der Waals surface area contributed by atoms with Crippen molar-refractivity contribution in [3.8, 4) is 11.5 Å². The molecule has 0 unspecified atom stereocenters. The van der Waals surface area contributed by atoms with Gasteiger partial charge < -0.3 is 9.73 Å². The third kappa shape index (κ3) is 2.84. The van der Waals surface area contributed by atoms with E-state index in [0.29, 0.717) is 16.9 Å². The lowest BCUT2D eigenvalue weighted by atomic mass is 10.2. The molecule has 0 spiro atoms. The van der Waals surface area contributed by atoms with Crippen molar-refractivity contribution in [3.63, 3.8) is 0 Å². The molecule has 0 bridgehead atoms. The third-order valence-electron chi connectivity index (χ3n) is 2.63. The summed E-state index contributed by atoms with van der Waals surface area (Å²) in [6.45, 7) is 0. The molecular weight excluding hydrogens is 342 g/mol.